The molecular formula is C11H17FN2O2. The summed E-state index contributed by atoms with van der Waals surface area (Å²) in [7, 11) is 0. The fourth-order valence-electron chi connectivity index (χ4n) is 2.06. The van der Waals surface area contributed by atoms with Gasteiger partial charge < -0.3 is 15.0 Å². The minimum atomic E-state index is -0.846. The van der Waals surface area contributed by atoms with E-state index in [4.69, 9.17) is 4.74 Å². The molecule has 0 aromatic rings. The van der Waals surface area contributed by atoms with Crippen LogP contribution in [0, 0.1) is 5.92 Å². The minimum Gasteiger partial charge on any atom is -0.374 e. The minimum absolute atomic E-state index is 0.0330. The average molecular weight is 228 g/mol. The van der Waals surface area contributed by atoms with Crippen molar-refractivity contribution < 1.29 is 13.9 Å². The van der Waals surface area contributed by atoms with Crippen molar-refractivity contribution in [1.29, 1.82) is 0 Å². The number of rotatable bonds is 3. The van der Waals surface area contributed by atoms with Crippen LogP contribution in [0.25, 0.3) is 0 Å². The Balaban J connectivity index is 1.70. The second kappa shape index (κ2) is 4.82. The van der Waals surface area contributed by atoms with Gasteiger partial charge in [0.25, 0.3) is 0 Å². The van der Waals surface area contributed by atoms with Crippen molar-refractivity contribution in [3.8, 4) is 0 Å². The summed E-state index contributed by atoms with van der Waals surface area (Å²) in [6.07, 6.45) is 1.89. The van der Waals surface area contributed by atoms with E-state index in [0.717, 1.165) is 6.42 Å². The van der Waals surface area contributed by atoms with E-state index >= 15 is 0 Å². The molecule has 0 saturated carbocycles. The molecule has 2 rings (SSSR count). The number of nitrogens with zero attached hydrogens (tertiary/aromatic N) is 1. The Labute approximate surface area is 94.4 Å². The third kappa shape index (κ3) is 2.35. The van der Waals surface area contributed by atoms with Crippen molar-refractivity contribution >= 4 is 6.03 Å². The standard InChI is InChI=1S/C11H17FN2O2/c1-2-10-8(3-4-16-10)5-13-11(15)14-6-9(12)7-14/h2,8-10H,1,3-7H2,(H,13,15)/t8-,10-/m1/s1. The largest absolute Gasteiger partial charge is 0.374 e. The maximum atomic E-state index is 12.5. The number of halogens is 1. The number of hydrogen-bond acceptors (Lipinski definition) is 2. The van der Waals surface area contributed by atoms with Gasteiger partial charge in [-0.15, -0.1) is 6.58 Å². The maximum absolute atomic E-state index is 12.5. The summed E-state index contributed by atoms with van der Waals surface area (Å²) < 4.78 is 18.0. The van der Waals surface area contributed by atoms with E-state index in [2.05, 4.69) is 11.9 Å². The highest BCUT2D eigenvalue weighted by atomic mass is 19.1. The summed E-state index contributed by atoms with van der Waals surface area (Å²) in [6, 6.07) is -0.177. The van der Waals surface area contributed by atoms with Gasteiger partial charge in [0.15, 0.2) is 0 Å². The molecule has 1 N–H and O–H groups in total. The molecule has 2 atom stereocenters. The van der Waals surface area contributed by atoms with Crippen LogP contribution in [-0.2, 0) is 4.74 Å². The molecule has 90 valence electrons. The van der Waals surface area contributed by atoms with Crippen LogP contribution in [0.2, 0.25) is 0 Å². The molecule has 5 heteroatoms. The molecule has 2 aliphatic heterocycles. The van der Waals surface area contributed by atoms with Crippen LogP contribution in [0.5, 0.6) is 0 Å². The molecule has 0 aromatic heterocycles. The number of likely N-dealkylation sites (tertiary alicyclic amines) is 1. The van der Waals surface area contributed by atoms with E-state index < -0.39 is 6.17 Å². The van der Waals surface area contributed by atoms with Crippen molar-refractivity contribution in [2.75, 3.05) is 26.2 Å². The van der Waals surface area contributed by atoms with Crippen LogP contribution >= 0.6 is 0 Å². The molecule has 0 unspecified atom stereocenters. The molecule has 2 fully saturated rings. The van der Waals surface area contributed by atoms with Gasteiger partial charge in [0.2, 0.25) is 0 Å². The third-order valence-corrected chi connectivity index (χ3v) is 3.14. The normalized spacial score (nSPS) is 29.9. The van der Waals surface area contributed by atoms with Crippen LogP contribution in [0.3, 0.4) is 0 Å². The Morgan fingerprint density at radius 3 is 3.00 bits per heavy atom. The molecule has 2 heterocycles. The van der Waals surface area contributed by atoms with Gasteiger partial charge in [0.1, 0.15) is 6.17 Å². The summed E-state index contributed by atoms with van der Waals surface area (Å²) in [5.41, 5.74) is 0. The highest BCUT2D eigenvalue weighted by molar-refractivity contribution is 5.75. The molecular weight excluding hydrogens is 211 g/mol. The zero-order valence-electron chi connectivity index (χ0n) is 9.19. The van der Waals surface area contributed by atoms with Gasteiger partial charge in [-0.25, -0.2) is 9.18 Å². The summed E-state index contributed by atoms with van der Waals surface area (Å²) in [6.45, 7) is 5.42. The van der Waals surface area contributed by atoms with E-state index in [0.29, 0.717) is 19.1 Å². The van der Waals surface area contributed by atoms with Gasteiger partial charge in [-0.3, -0.25) is 0 Å². The first kappa shape index (κ1) is 11.4. The van der Waals surface area contributed by atoms with Crippen molar-refractivity contribution in [1.82, 2.24) is 10.2 Å². The lowest BCUT2D eigenvalue weighted by molar-refractivity contribution is 0.0878. The van der Waals surface area contributed by atoms with E-state index in [1.165, 1.54) is 4.90 Å². The van der Waals surface area contributed by atoms with Crippen molar-refractivity contribution in [3.05, 3.63) is 12.7 Å². The highest BCUT2D eigenvalue weighted by Crippen LogP contribution is 2.21. The lowest BCUT2D eigenvalue weighted by Crippen LogP contribution is -2.55. The van der Waals surface area contributed by atoms with E-state index in [-0.39, 0.29) is 25.2 Å². The Bertz CT molecular complexity index is 279. The van der Waals surface area contributed by atoms with E-state index in [1.807, 2.05) is 0 Å². The quantitative estimate of drug-likeness (QED) is 0.730. The molecule has 16 heavy (non-hydrogen) atoms. The molecule has 2 aliphatic rings. The second-order valence-corrected chi connectivity index (χ2v) is 4.31. The Morgan fingerprint density at radius 2 is 2.38 bits per heavy atom. The SMILES string of the molecule is C=C[C@H]1OCC[C@@H]1CNC(=O)N1CC(F)C1. The number of alkyl halides is 1. The number of ether oxygens (including phenoxy) is 1. The summed E-state index contributed by atoms with van der Waals surface area (Å²) in [4.78, 5) is 13.0. The monoisotopic (exact) mass is 228 g/mol. The van der Waals surface area contributed by atoms with Gasteiger partial charge in [-0.2, -0.15) is 0 Å². The summed E-state index contributed by atoms with van der Waals surface area (Å²) in [5, 5.41) is 2.80. The molecule has 0 bridgehead atoms. The molecule has 0 aliphatic carbocycles. The van der Waals surface area contributed by atoms with E-state index in [1.54, 1.807) is 6.08 Å². The van der Waals surface area contributed by atoms with E-state index in [9.17, 15) is 9.18 Å². The zero-order valence-corrected chi connectivity index (χ0v) is 9.19. The van der Waals surface area contributed by atoms with Crippen LogP contribution < -0.4 is 5.32 Å². The highest BCUT2D eigenvalue weighted by Gasteiger charge is 2.31. The third-order valence-electron chi connectivity index (χ3n) is 3.14. The maximum Gasteiger partial charge on any atom is 0.317 e. The van der Waals surface area contributed by atoms with Crippen molar-refractivity contribution in [2.24, 2.45) is 5.92 Å². The van der Waals surface area contributed by atoms with Gasteiger partial charge in [-0.05, 0) is 6.42 Å². The van der Waals surface area contributed by atoms with Crippen LogP contribution in [0.15, 0.2) is 12.7 Å². The average Bonchev–Trinajstić information content (AvgIpc) is 2.68. The second-order valence-electron chi connectivity index (χ2n) is 4.31. The Kier molecular flexibility index (Phi) is 3.43. The lowest BCUT2D eigenvalue weighted by atomic mass is 10.0. The first-order chi connectivity index (χ1) is 7.70. The fraction of sp³-hybridized carbons (Fsp3) is 0.727. The predicted molar refractivity (Wildman–Crippen MR) is 57.9 cm³/mol. The van der Waals surface area contributed by atoms with Crippen LogP contribution in [0.1, 0.15) is 6.42 Å². The van der Waals surface area contributed by atoms with Gasteiger partial charge >= 0.3 is 6.03 Å². The topological polar surface area (TPSA) is 41.6 Å². The smallest absolute Gasteiger partial charge is 0.317 e. The van der Waals surface area contributed by atoms with Gasteiger partial charge in [0.05, 0.1) is 19.2 Å². The molecule has 2 amide bonds. The summed E-state index contributed by atoms with van der Waals surface area (Å²) in [5.74, 6) is 0.295. The molecule has 4 nitrogen and oxygen atoms in total. The van der Waals surface area contributed by atoms with Crippen LogP contribution in [0.4, 0.5) is 9.18 Å². The first-order valence-electron chi connectivity index (χ1n) is 5.61. The number of urea groups is 1. The van der Waals surface area contributed by atoms with Crippen molar-refractivity contribution in [2.45, 2.75) is 18.7 Å². The number of amides is 2. The summed E-state index contributed by atoms with van der Waals surface area (Å²) >= 11 is 0. The Hall–Kier alpha value is -1.10. The molecule has 2 saturated heterocycles. The molecule has 0 spiro atoms. The molecule has 0 aromatic carbocycles. The first-order valence-corrected chi connectivity index (χ1v) is 5.61. The van der Waals surface area contributed by atoms with Gasteiger partial charge in [-0.1, -0.05) is 6.08 Å². The fourth-order valence-corrected chi connectivity index (χ4v) is 2.06. The molecule has 0 radical (unpaired) electrons. The van der Waals surface area contributed by atoms with Gasteiger partial charge in [0, 0.05) is 19.1 Å². The lowest BCUT2D eigenvalue weighted by Gasteiger charge is -2.34. The van der Waals surface area contributed by atoms with Crippen molar-refractivity contribution in [3.63, 3.8) is 0 Å². The number of nitrogens with one attached hydrogen (secondary N) is 1. The number of hydrogen-bond donors (Lipinski definition) is 1. The Morgan fingerprint density at radius 1 is 1.62 bits per heavy atom. The van der Waals surface area contributed by atoms with Crippen LogP contribution in [-0.4, -0.2) is 49.4 Å². The zero-order chi connectivity index (χ0) is 11.5. The predicted octanol–water partition coefficient (Wildman–Crippen LogP) is 0.941. The number of carbonyl (C=O) groups is 1. The number of carbonyl (C=O) groups excluding carboxylic acids is 1.